The van der Waals surface area contributed by atoms with Crippen molar-refractivity contribution in [2.24, 2.45) is 4.99 Å². The highest BCUT2D eigenvalue weighted by molar-refractivity contribution is 5.88. The van der Waals surface area contributed by atoms with Crippen molar-refractivity contribution >= 4 is 17.6 Å². The maximum absolute atomic E-state index is 11.2. The van der Waals surface area contributed by atoms with Crippen LogP contribution in [0.3, 0.4) is 0 Å². The van der Waals surface area contributed by atoms with E-state index in [9.17, 15) is 4.79 Å². The van der Waals surface area contributed by atoms with E-state index in [-0.39, 0.29) is 12.0 Å². The smallest absolute Gasteiger partial charge is 0.221 e. The molecular weight excluding hydrogens is 344 g/mol. The van der Waals surface area contributed by atoms with Gasteiger partial charge < -0.3 is 25.4 Å². The lowest BCUT2D eigenvalue weighted by molar-refractivity contribution is -0.114. The predicted molar refractivity (Wildman–Crippen MR) is 108 cm³/mol. The van der Waals surface area contributed by atoms with Gasteiger partial charge in [-0.3, -0.25) is 4.79 Å². The normalized spacial score (nSPS) is 17.0. The summed E-state index contributed by atoms with van der Waals surface area (Å²) in [6.45, 7) is 7.95. The molecule has 0 aromatic heterocycles. The molecule has 1 atom stereocenters. The third-order valence-electron chi connectivity index (χ3n) is 4.10. The second-order valence-corrected chi connectivity index (χ2v) is 6.57. The molecule has 1 unspecified atom stereocenters. The number of rotatable bonds is 10. The van der Waals surface area contributed by atoms with Crippen molar-refractivity contribution in [2.45, 2.75) is 45.8 Å². The molecule has 1 aromatic carbocycles. The van der Waals surface area contributed by atoms with E-state index in [1.165, 1.54) is 6.92 Å². The number of carbonyl (C=O) groups is 1. The fourth-order valence-corrected chi connectivity index (χ4v) is 2.83. The summed E-state index contributed by atoms with van der Waals surface area (Å²) in [5, 5.41) is 9.36. The lowest BCUT2D eigenvalue weighted by atomic mass is 10.2. The first-order chi connectivity index (χ1) is 13.2. The maximum Gasteiger partial charge on any atom is 0.221 e. The summed E-state index contributed by atoms with van der Waals surface area (Å²) in [4.78, 5) is 15.8. The topological polar surface area (TPSA) is 84.0 Å². The third kappa shape index (κ3) is 8.88. The lowest BCUT2D eigenvalue weighted by Gasteiger charge is -2.13. The van der Waals surface area contributed by atoms with Crippen LogP contribution in [0.4, 0.5) is 5.69 Å². The van der Waals surface area contributed by atoms with Crippen LogP contribution in [0.25, 0.3) is 0 Å². The maximum atomic E-state index is 11.2. The van der Waals surface area contributed by atoms with E-state index < -0.39 is 0 Å². The minimum Gasteiger partial charge on any atom is -0.379 e. The highest BCUT2D eigenvalue weighted by Gasteiger charge is 2.14. The number of aliphatic imine (C=N–C) groups is 1. The Morgan fingerprint density at radius 1 is 1.37 bits per heavy atom. The SMILES string of the molecule is CCNC(=NCc1cccc(NC(C)=O)c1)NCCCOCC1CCCO1. The Bertz CT molecular complexity index is 601. The molecule has 1 aliphatic rings. The van der Waals surface area contributed by atoms with Crippen molar-refractivity contribution in [1.82, 2.24) is 10.6 Å². The predicted octanol–water partition coefficient (Wildman–Crippen LogP) is 2.29. The summed E-state index contributed by atoms with van der Waals surface area (Å²) in [6.07, 6.45) is 3.45. The van der Waals surface area contributed by atoms with E-state index in [2.05, 4.69) is 20.9 Å². The van der Waals surface area contributed by atoms with E-state index in [0.717, 1.165) is 56.2 Å². The molecule has 7 nitrogen and oxygen atoms in total. The van der Waals surface area contributed by atoms with Crippen LogP contribution in [0.2, 0.25) is 0 Å². The zero-order valence-electron chi connectivity index (χ0n) is 16.4. The number of hydrogen-bond acceptors (Lipinski definition) is 4. The number of carbonyl (C=O) groups excluding carboxylic acids is 1. The van der Waals surface area contributed by atoms with Gasteiger partial charge in [-0.05, 0) is 43.9 Å². The molecule has 1 aromatic rings. The molecule has 150 valence electrons. The number of hydrogen-bond donors (Lipinski definition) is 3. The molecule has 1 amide bonds. The number of nitrogens with one attached hydrogen (secondary N) is 3. The van der Waals surface area contributed by atoms with Gasteiger partial charge in [0.05, 0.1) is 19.3 Å². The Morgan fingerprint density at radius 3 is 3.00 bits per heavy atom. The molecule has 27 heavy (non-hydrogen) atoms. The molecule has 3 N–H and O–H groups in total. The van der Waals surface area contributed by atoms with Gasteiger partial charge in [0.1, 0.15) is 0 Å². The Labute approximate surface area is 161 Å². The second-order valence-electron chi connectivity index (χ2n) is 6.57. The van der Waals surface area contributed by atoms with E-state index in [1.807, 2.05) is 31.2 Å². The van der Waals surface area contributed by atoms with E-state index in [1.54, 1.807) is 0 Å². The van der Waals surface area contributed by atoms with Crippen LogP contribution in [0.1, 0.15) is 38.7 Å². The first-order valence-corrected chi connectivity index (χ1v) is 9.75. The van der Waals surface area contributed by atoms with Crippen LogP contribution in [-0.2, 0) is 20.8 Å². The highest BCUT2D eigenvalue weighted by Crippen LogP contribution is 2.12. The van der Waals surface area contributed by atoms with Crippen LogP contribution >= 0.6 is 0 Å². The summed E-state index contributed by atoms with van der Waals surface area (Å²) in [5.41, 5.74) is 1.83. The summed E-state index contributed by atoms with van der Waals surface area (Å²) >= 11 is 0. The molecule has 1 saturated heterocycles. The van der Waals surface area contributed by atoms with Crippen LogP contribution in [-0.4, -0.2) is 50.9 Å². The lowest BCUT2D eigenvalue weighted by Crippen LogP contribution is -2.38. The Hall–Kier alpha value is -2.12. The molecule has 1 aliphatic heterocycles. The quantitative estimate of drug-likeness (QED) is 0.331. The Balaban J connectivity index is 1.70. The molecule has 0 bridgehead atoms. The summed E-state index contributed by atoms with van der Waals surface area (Å²) in [7, 11) is 0. The molecule has 1 fully saturated rings. The largest absolute Gasteiger partial charge is 0.379 e. The van der Waals surface area contributed by atoms with Crippen molar-refractivity contribution in [2.75, 3.05) is 38.2 Å². The zero-order chi connectivity index (χ0) is 19.3. The first kappa shape index (κ1) is 21.2. The van der Waals surface area contributed by atoms with Gasteiger partial charge in [0.25, 0.3) is 0 Å². The van der Waals surface area contributed by atoms with Crippen molar-refractivity contribution in [3.63, 3.8) is 0 Å². The molecule has 0 radical (unpaired) electrons. The number of ether oxygens (including phenoxy) is 2. The summed E-state index contributed by atoms with van der Waals surface area (Å²) < 4.78 is 11.2. The van der Waals surface area contributed by atoms with E-state index in [0.29, 0.717) is 19.8 Å². The van der Waals surface area contributed by atoms with Crippen molar-refractivity contribution in [3.8, 4) is 0 Å². The Kier molecular flexibility index (Phi) is 9.65. The minimum absolute atomic E-state index is 0.0765. The van der Waals surface area contributed by atoms with Gasteiger partial charge in [0.15, 0.2) is 5.96 Å². The van der Waals surface area contributed by atoms with Gasteiger partial charge in [0.2, 0.25) is 5.91 Å². The highest BCUT2D eigenvalue weighted by atomic mass is 16.5. The van der Waals surface area contributed by atoms with E-state index >= 15 is 0 Å². The third-order valence-corrected chi connectivity index (χ3v) is 4.10. The number of guanidine groups is 1. The van der Waals surface area contributed by atoms with Gasteiger partial charge in [-0.1, -0.05) is 12.1 Å². The molecule has 0 spiro atoms. The molecular formula is C20H32N4O3. The van der Waals surface area contributed by atoms with Crippen LogP contribution in [0, 0.1) is 0 Å². The van der Waals surface area contributed by atoms with Crippen molar-refractivity contribution < 1.29 is 14.3 Å². The summed E-state index contributed by atoms with van der Waals surface area (Å²) in [6, 6.07) is 7.72. The van der Waals surface area contributed by atoms with Crippen molar-refractivity contribution in [1.29, 1.82) is 0 Å². The van der Waals surface area contributed by atoms with Gasteiger partial charge in [0, 0.05) is 38.9 Å². The number of benzene rings is 1. The molecule has 0 aliphatic carbocycles. The summed E-state index contributed by atoms with van der Waals surface area (Å²) in [5.74, 6) is 0.703. The van der Waals surface area contributed by atoms with Crippen molar-refractivity contribution in [3.05, 3.63) is 29.8 Å². The van der Waals surface area contributed by atoms with Crippen LogP contribution < -0.4 is 16.0 Å². The fraction of sp³-hybridized carbons (Fsp3) is 0.600. The minimum atomic E-state index is -0.0765. The number of nitrogens with zero attached hydrogens (tertiary/aromatic N) is 1. The second kappa shape index (κ2) is 12.3. The fourth-order valence-electron chi connectivity index (χ4n) is 2.83. The van der Waals surface area contributed by atoms with Gasteiger partial charge >= 0.3 is 0 Å². The average molecular weight is 377 g/mol. The van der Waals surface area contributed by atoms with Gasteiger partial charge in [-0.2, -0.15) is 0 Å². The number of anilines is 1. The van der Waals surface area contributed by atoms with E-state index in [4.69, 9.17) is 9.47 Å². The molecule has 0 saturated carbocycles. The monoisotopic (exact) mass is 376 g/mol. The molecule has 7 heteroatoms. The van der Waals surface area contributed by atoms with Crippen LogP contribution in [0.5, 0.6) is 0 Å². The molecule has 2 rings (SSSR count). The van der Waals surface area contributed by atoms with Gasteiger partial charge in [-0.15, -0.1) is 0 Å². The van der Waals surface area contributed by atoms with Crippen LogP contribution in [0.15, 0.2) is 29.3 Å². The Morgan fingerprint density at radius 2 is 2.26 bits per heavy atom. The molecule has 1 heterocycles. The zero-order valence-corrected chi connectivity index (χ0v) is 16.4. The standard InChI is InChI=1S/C20H32N4O3/c1-3-21-20(22-10-6-11-26-15-19-9-5-12-27-19)23-14-17-7-4-8-18(13-17)24-16(2)25/h4,7-8,13,19H,3,5-6,9-12,14-15H2,1-2H3,(H,24,25)(H2,21,22,23). The first-order valence-electron chi connectivity index (χ1n) is 9.75. The average Bonchev–Trinajstić information content (AvgIpc) is 3.15. The number of amides is 1. The van der Waals surface area contributed by atoms with Gasteiger partial charge in [-0.25, -0.2) is 4.99 Å².